The van der Waals surface area contributed by atoms with E-state index in [9.17, 15) is 9.59 Å². The number of likely N-dealkylation sites (tertiary alicyclic amines) is 1. The summed E-state index contributed by atoms with van der Waals surface area (Å²) in [6.07, 6.45) is 2.78. The Bertz CT molecular complexity index is 832. The predicted molar refractivity (Wildman–Crippen MR) is 105 cm³/mol. The second-order valence-electron chi connectivity index (χ2n) is 6.89. The molecule has 1 atom stereocenters. The van der Waals surface area contributed by atoms with Gasteiger partial charge < -0.3 is 14.8 Å². The van der Waals surface area contributed by atoms with Crippen molar-refractivity contribution in [1.29, 1.82) is 0 Å². The topological polar surface area (TPSA) is 57.6 Å². The molecule has 4 rings (SSSR count). The van der Waals surface area contributed by atoms with E-state index in [2.05, 4.69) is 10.2 Å². The second-order valence-corrected chi connectivity index (χ2v) is 6.89. The van der Waals surface area contributed by atoms with E-state index < -0.39 is 0 Å². The van der Waals surface area contributed by atoms with Gasteiger partial charge in [0.1, 0.15) is 6.54 Å². The van der Waals surface area contributed by atoms with Crippen molar-refractivity contribution in [3.63, 3.8) is 0 Å². The Morgan fingerprint density at radius 2 is 1.88 bits per heavy atom. The molecule has 1 amide bonds. The lowest BCUT2D eigenvalue weighted by molar-refractivity contribution is -0.130. The summed E-state index contributed by atoms with van der Waals surface area (Å²) in [5.74, 6) is 0.131. The van der Waals surface area contributed by atoms with Crippen molar-refractivity contribution < 1.29 is 4.79 Å². The van der Waals surface area contributed by atoms with E-state index in [0.717, 1.165) is 51.2 Å². The third kappa shape index (κ3) is 3.77. The van der Waals surface area contributed by atoms with Gasteiger partial charge in [-0.05, 0) is 18.6 Å². The van der Waals surface area contributed by atoms with Crippen LogP contribution < -0.4 is 10.7 Å². The molecule has 7 heteroatoms. The van der Waals surface area contributed by atoms with Gasteiger partial charge in [0.05, 0.1) is 5.52 Å². The van der Waals surface area contributed by atoms with Gasteiger partial charge in [-0.1, -0.05) is 12.1 Å². The first-order valence-corrected chi connectivity index (χ1v) is 9.03. The fraction of sp³-hybridized carbons (Fsp3) is 0.474. The molecule has 0 spiro atoms. The lowest BCUT2D eigenvalue weighted by Crippen LogP contribution is -2.49. The quantitative estimate of drug-likeness (QED) is 0.865. The van der Waals surface area contributed by atoms with Crippen LogP contribution in [0.15, 0.2) is 41.3 Å². The maximum atomic E-state index is 12.8. The zero-order valence-electron chi connectivity index (χ0n) is 14.8. The van der Waals surface area contributed by atoms with Crippen molar-refractivity contribution >= 4 is 29.2 Å². The molecular weight excluding hydrogens is 352 g/mol. The number of hydrogen-bond donors (Lipinski definition) is 1. The molecule has 2 saturated heterocycles. The normalized spacial score (nSPS) is 20.9. The van der Waals surface area contributed by atoms with Crippen LogP contribution in [0.3, 0.4) is 0 Å². The van der Waals surface area contributed by atoms with Gasteiger partial charge in [0.15, 0.2) is 5.43 Å². The first kappa shape index (κ1) is 18.9. The average Bonchev–Trinajstić information content (AvgIpc) is 3.15. The number of aromatic nitrogens is 1. The standard InChI is InChI=1S/C19H24N4O2.ClH/c24-18-6-10-22(17-4-2-1-3-16(17)18)14-19(25)23-9-5-15(13-23)21-11-7-20-8-12-21;/h1-4,6,10,15,20H,5,7-9,11-14H2;1H. The summed E-state index contributed by atoms with van der Waals surface area (Å²) in [6.45, 7) is 6.13. The van der Waals surface area contributed by atoms with E-state index in [0.29, 0.717) is 11.4 Å². The fourth-order valence-electron chi connectivity index (χ4n) is 3.96. The molecule has 0 aliphatic carbocycles. The smallest absolute Gasteiger partial charge is 0.242 e. The van der Waals surface area contributed by atoms with Crippen molar-refractivity contribution in [2.45, 2.75) is 19.0 Å². The van der Waals surface area contributed by atoms with Crippen LogP contribution in [0.25, 0.3) is 10.9 Å². The van der Waals surface area contributed by atoms with Crippen LogP contribution in [0.2, 0.25) is 0 Å². The van der Waals surface area contributed by atoms with Crippen LogP contribution in [0.4, 0.5) is 0 Å². The summed E-state index contributed by atoms with van der Waals surface area (Å²) in [4.78, 5) is 29.2. The van der Waals surface area contributed by atoms with Crippen LogP contribution in [-0.2, 0) is 11.3 Å². The number of rotatable bonds is 3. The van der Waals surface area contributed by atoms with E-state index in [1.54, 1.807) is 12.3 Å². The minimum atomic E-state index is -0.000700. The lowest BCUT2D eigenvalue weighted by Gasteiger charge is -2.32. The van der Waals surface area contributed by atoms with Crippen LogP contribution in [0.1, 0.15) is 6.42 Å². The molecule has 3 heterocycles. The number of carbonyl (C=O) groups is 1. The Balaban J connectivity index is 0.00000196. The lowest BCUT2D eigenvalue weighted by atomic mass is 10.2. The maximum absolute atomic E-state index is 12.8. The highest BCUT2D eigenvalue weighted by molar-refractivity contribution is 5.85. The summed E-state index contributed by atoms with van der Waals surface area (Å²) in [7, 11) is 0. The number of nitrogens with zero attached hydrogens (tertiary/aromatic N) is 3. The van der Waals surface area contributed by atoms with Gasteiger partial charge in [-0.25, -0.2) is 0 Å². The predicted octanol–water partition coefficient (Wildman–Crippen LogP) is 0.929. The number of pyridine rings is 1. The number of para-hydroxylation sites is 1. The number of benzene rings is 1. The van der Waals surface area contributed by atoms with Crippen LogP contribution >= 0.6 is 12.4 Å². The number of carbonyl (C=O) groups excluding carboxylic acids is 1. The van der Waals surface area contributed by atoms with Crippen LogP contribution in [0.5, 0.6) is 0 Å². The van der Waals surface area contributed by atoms with Crippen molar-refractivity contribution in [2.24, 2.45) is 0 Å². The zero-order chi connectivity index (χ0) is 17.2. The zero-order valence-corrected chi connectivity index (χ0v) is 15.6. The number of amides is 1. The summed E-state index contributed by atoms with van der Waals surface area (Å²) in [5, 5.41) is 4.04. The van der Waals surface area contributed by atoms with Crippen molar-refractivity contribution in [2.75, 3.05) is 39.3 Å². The van der Waals surface area contributed by atoms with Crippen LogP contribution in [-0.4, -0.2) is 65.6 Å². The Morgan fingerprint density at radius 3 is 2.69 bits per heavy atom. The van der Waals surface area contributed by atoms with E-state index in [1.165, 1.54) is 0 Å². The SMILES string of the molecule is Cl.O=C(Cn1ccc(=O)c2ccccc21)N1CCC(N2CCNCC2)C1. The van der Waals surface area contributed by atoms with Gasteiger partial charge in [0.25, 0.3) is 0 Å². The van der Waals surface area contributed by atoms with Gasteiger partial charge >= 0.3 is 0 Å². The van der Waals surface area contributed by atoms with Crippen molar-refractivity contribution in [3.05, 3.63) is 46.8 Å². The molecular formula is C19H25ClN4O2. The van der Waals surface area contributed by atoms with E-state index in [-0.39, 0.29) is 30.3 Å². The van der Waals surface area contributed by atoms with Gasteiger partial charge in [-0.3, -0.25) is 14.5 Å². The molecule has 140 valence electrons. The molecule has 2 aromatic rings. The summed E-state index contributed by atoms with van der Waals surface area (Å²) in [5.41, 5.74) is 0.820. The second kappa shape index (κ2) is 8.20. The summed E-state index contributed by atoms with van der Waals surface area (Å²) in [6, 6.07) is 9.50. The van der Waals surface area contributed by atoms with Crippen LogP contribution in [0, 0.1) is 0 Å². The highest BCUT2D eigenvalue weighted by atomic mass is 35.5. The van der Waals surface area contributed by atoms with E-state index >= 15 is 0 Å². The van der Waals surface area contributed by atoms with Gasteiger partial charge in [-0.2, -0.15) is 0 Å². The largest absolute Gasteiger partial charge is 0.340 e. The van der Waals surface area contributed by atoms with Gasteiger partial charge in [0, 0.05) is 63.0 Å². The molecule has 1 N–H and O–H groups in total. The molecule has 2 fully saturated rings. The number of fused-ring (bicyclic) bond motifs is 1. The molecule has 1 aromatic carbocycles. The monoisotopic (exact) mass is 376 g/mol. The number of hydrogen-bond acceptors (Lipinski definition) is 4. The molecule has 2 aliphatic rings. The van der Waals surface area contributed by atoms with Crippen molar-refractivity contribution in [3.8, 4) is 0 Å². The average molecular weight is 377 g/mol. The first-order valence-electron chi connectivity index (χ1n) is 9.03. The fourth-order valence-corrected chi connectivity index (χ4v) is 3.96. The Hall–Kier alpha value is -1.89. The molecule has 0 saturated carbocycles. The molecule has 2 aliphatic heterocycles. The van der Waals surface area contributed by atoms with E-state index in [4.69, 9.17) is 0 Å². The minimum Gasteiger partial charge on any atom is -0.340 e. The Morgan fingerprint density at radius 1 is 1.12 bits per heavy atom. The number of piperazine rings is 1. The molecule has 26 heavy (non-hydrogen) atoms. The van der Waals surface area contributed by atoms with Gasteiger partial charge in [-0.15, -0.1) is 12.4 Å². The number of halogens is 1. The number of nitrogens with one attached hydrogen (secondary N) is 1. The Kier molecular flexibility index (Phi) is 5.96. The molecule has 0 bridgehead atoms. The third-order valence-corrected chi connectivity index (χ3v) is 5.37. The van der Waals surface area contributed by atoms with Crippen molar-refractivity contribution in [1.82, 2.24) is 19.7 Å². The summed E-state index contributed by atoms with van der Waals surface area (Å²) < 4.78 is 1.89. The molecule has 6 nitrogen and oxygen atoms in total. The minimum absolute atomic E-state index is 0. The highest BCUT2D eigenvalue weighted by Crippen LogP contribution is 2.17. The summed E-state index contributed by atoms with van der Waals surface area (Å²) >= 11 is 0. The van der Waals surface area contributed by atoms with Gasteiger partial charge in [0.2, 0.25) is 5.91 Å². The maximum Gasteiger partial charge on any atom is 0.242 e. The highest BCUT2D eigenvalue weighted by Gasteiger charge is 2.30. The van der Waals surface area contributed by atoms with E-state index in [1.807, 2.05) is 33.7 Å². The molecule has 1 aromatic heterocycles. The third-order valence-electron chi connectivity index (χ3n) is 5.37. The molecule has 1 unspecified atom stereocenters. The first-order chi connectivity index (χ1) is 12.2. The molecule has 0 radical (unpaired) electrons. The Labute approximate surface area is 159 Å².